The second-order valence-corrected chi connectivity index (χ2v) is 9.02. The van der Waals surface area contributed by atoms with E-state index in [1.807, 2.05) is 54.8 Å². The molecule has 10 heteroatoms. The summed E-state index contributed by atoms with van der Waals surface area (Å²) >= 11 is 0. The van der Waals surface area contributed by atoms with E-state index in [-0.39, 0.29) is 0 Å². The van der Waals surface area contributed by atoms with Gasteiger partial charge in [-0.3, -0.25) is 4.72 Å². The summed E-state index contributed by atoms with van der Waals surface area (Å²) in [6.07, 6.45) is 1.12. The molecule has 0 aliphatic rings. The number of benzene rings is 2. The molecule has 0 unspecified atom stereocenters. The van der Waals surface area contributed by atoms with Gasteiger partial charge >= 0.3 is 0 Å². The van der Waals surface area contributed by atoms with Gasteiger partial charge in [-0.1, -0.05) is 30.3 Å². The molecule has 2 aromatic heterocycles. The molecule has 2 aromatic carbocycles. The van der Waals surface area contributed by atoms with E-state index in [9.17, 15) is 8.42 Å². The molecule has 32 heavy (non-hydrogen) atoms. The van der Waals surface area contributed by atoms with Gasteiger partial charge in [-0.25, -0.2) is 8.42 Å². The van der Waals surface area contributed by atoms with Crippen LogP contribution in [0.4, 0.5) is 5.69 Å². The van der Waals surface area contributed by atoms with Crippen molar-refractivity contribution in [2.45, 2.75) is 20.4 Å². The first-order chi connectivity index (χ1) is 15.4. The predicted molar refractivity (Wildman–Crippen MR) is 123 cm³/mol. The van der Waals surface area contributed by atoms with Crippen molar-refractivity contribution in [3.8, 4) is 23.0 Å². The van der Waals surface area contributed by atoms with E-state index >= 15 is 0 Å². The Balaban J connectivity index is 1.55. The van der Waals surface area contributed by atoms with Gasteiger partial charge in [-0.05, 0) is 38.1 Å². The van der Waals surface area contributed by atoms with Crippen LogP contribution in [0.1, 0.15) is 12.5 Å². The Morgan fingerprint density at radius 1 is 1.00 bits per heavy atom. The quantitative estimate of drug-likeness (QED) is 0.389. The number of fused-ring (bicyclic) bond motifs is 1. The van der Waals surface area contributed by atoms with E-state index in [4.69, 9.17) is 9.47 Å². The highest BCUT2D eigenvalue weighted by Gasteiger charge is 2.20. The third kappa shape index (κ3) is 4.70. The molecule has 0 saturated heterocycles. The van der Waals surface area contributed by atoms with Crippen LogP contribution in [0, 0.1) is 6.92 Å². The van der Waals surface area contributed by atoms with Crippen LogP contribution in [-0.2, 0) is 16.6 Å². The van der Waals surface area contributed by atoms with Crippen molar-refractivity contribution in [2.24, 2.45) is 0 Å². The van der Waals surface area contributed by atoms with Crippen molar-refractivity contribution in [3.63, 3.8) is 0 Å². The van der Waals surface area contributed by atoms with Crippen molar-refractivity contribution in [3.05, 3.63) is 60.2 Å². The maximum Gasteiger partial charge on any atom is 0.240 e. The minimum absolute atomic E-state index is 0.355. The summed E-state index contributed by atoms with van der Waals surface area (Å²) in [4.78, 5) is 0. The number of sulfonamides is 1. The molecule has 0 amide bonds. The van der Waals surface area contributed by atoms with Crippen molar-refractivity contribution >= 4 is 21.4 Å². The Morgan fingerprint density at radius 3 is 2.47 bits per heavy atom. The minimum Gasteiger partial charge on any atom is -0.490 e. The maximum absolute atomic E-state index is 11.6. The molecule has 0 bridgehead atoms. The fourth-order valence-corrected chi connectivity index (χ4v) is 4.03. The molecule has 168 valence electrons. The summed E-state index contributed by atoms with van der Waals surface area (Å²) < 4.78 is 40.7. The summed E-state index contributed by atoms with van der Waals surface area (Å²) in [5.74, 6) is 1.98. The minimum atomic E-state index is -3.37. The highest BCUT2D eigenvalue weighted by atomic mass is 32.2. The Kier molecular flexibility index (Phi) is 6.04. The molecule has 0 aliphatic carbocycles. The van der Waals surface area contributed by atoms with Gasteiger partial charge in [0.2, 0.25) is 15.9 Å². The van der Waals surface area contributed by atoms with E-state index in [1.54, 1.807) is 22.8 Å². The summed E-state index contributed by atoms with van der Waals surface area (Å²) in [7, 11) is -3.37. The lowest BCUT2D eigenvalue weighted by molar-refractivity contribution is 0.210. The zero-order valence-corrected chi connectivity index (χ0v) is 19.0. The van der Waals surface area contributed by atoms with Gasteiger partial charge in [-0.15, -0.1) is 14.8 Å². The maximum atomic E-state index is 11.6. The van der Waals surface area contributed by atoms with Crippen LogP contribution in [0.15, 0.2) is 54.6 Å². The number of rotatable bonds is 9. The molecule has 0 radical (unpaired) electrons. The first-order valence-electron chi connectivity index (χ1n) is 10.2. The standard InChI is InChI=1S/C22H25N5O4S/c1-4-26-20(17-9-8-10-18(15-17)25-32(3,28)29)23-27-22(26)16(2)21(24-27)31-14-13-30-19-11-6-5-7-12-19/h5-12,15,25H,4,13-14H2,1-3H3. The van der Waals surface area contributed by atoms with E-state index in [2.05, 4.69) is 14.9 Å². The van der Waals surface area contributed by atoms with Crippen molar-refractivity contribution in [2.75, 3.05) is 24.2 Å². The number of hydrogen-bond acceptors (Lipinski definition) is 6. The summed E-state index contributed by atoms with van der Waals surface area (Å²) in [6, 6.07) is 16.7. The SMILES string of the molecule is CCn1c(-c2cccc(NS(C)(=O)=O)c2)nn2nc(OCCOc3ccccc3)c(C)c12. The largest absolute Gasteiger partial charge is 0.490 e. The summed E-state index contributed by atoms with van der Waals surface area (Å²) in [6.45, 7) is 5.37. The Hall–Kier alpha value is -3.53. The highest BCUT2D eigenvalue weighted by Crippen LogP contribution is 2.28. The zero-order valence-electron chi connectivity index (χ0n) is 18.1. The Labute approximate surface area is 186 Å². The first-order valence-corrected chi connectivity index (χ1v) is 12.1. The first kappa shape index (κ1) is 21.7. The van der Waals surface area contributed by atoms with E-state index < -0.39 is 10.0 Å². The normalized spacial score (nSPS) is 11.6. The van der Waals surface area contributed by atoms with Crippen molar-refractivity contribution in [1.29, 1.82) is 0 Å². The number of nitrogens with one attached hydrogen (secondary N) is 1. The monoisotopic (exact) mass is 455 g/mol. The average Bonchev–Trinajstić information content (AvgIpc) is 3.27. The molecule has 9 nitrogen and oxygen atoms in total. The van der Waals surface area contributed by atoms with Gasteiger partial charge in [0.1, 0.15) is 19.0 Å². The summed E-state index contributed by atoms with van der Waals surface area (Å²) in [5.41, 5.74) is 2.95. The molecule has 0 aliphatic heterocycles. The number of anilines is 1. The average molecular weight is 456 g/mol. The molecule has 4 aromatic rings. The van der Waals surface area contributed by atoms with Crippen LogP contribution in [0.5, 0.6) is 11.6 Å². The number of aromatic nitrogens is 4. The van der Waals surface area contributed by atoms with Gasteiger partial charge in [-0.2, -0.15) is 0 Å². The fraction of sp³-hybridized carbons (Fsp3) is 0.273. The number of hydrogen-bond donors (Lipinski definition) is 1. The molecule has 0 saturated carbocycles. The molecule has 2 heterocycles. The smallest absolute Gasteiger partial charge is 0.240 e. The Morgan fingerprint density at radius 2 is 1.75 bits per heavy atom. The van der Waals surface area contributed by atoms with E-state index in [1.165, 1.54) is 0 Å². The van der Waals surface area contributed by atoms with Gasteiger partial charge in [0.05, 0.1) is 11.8 Å². The van der Waals surface area contributed by atoms with Gasteiger partial charge in [0.15, 0.2) is 11.5 Å². The molecular formula is C22H25N5O4S. The van der Waals surface area contributed by atoms with Gasteiger partial charge in [0.25, 0.3) is 0 Å². The predicted octanol–water partition coefficient (Wildman–Crippen LogP) is 3.36. The number of para-hydroxylation sites is 1. The third-order valence-corrected chi connectivity index (χ3v) is 5.41. The summed E-state index contributed by atoms with van der Waals surface area (Å²) in [5, 5.41) is 9.12. The second-order valence-electron chi connectivity index (χ2n) is 7.28. The van der Waals surface area contributed by atoms with Crippen molar-refractivity contribution in [1.82, 2.24) is 19.4 Å². The van der Waals surface area contributed by atoms with Crippen LogP contribution in [-0.4, -0.2) is 47.3 Å². The molecule has 0 fully saturated rings. The molecule has 0 spiro atoms. The third-order valence-electron chi connectivity index (χ3n) is 4.81. The number of aryl methyl sites for hydroxylation is 2. The van der Waals surface area contributed by atoms with E-state index in [0.717, 1.165) is 28.8 Å². The zero-order chi connectivity index (χ0) is 22.7. The fourth-order valence-electron chi connectivity index (χ4n) is 3.48. The second kappa shape index (κ2) is 8.91. The number of nitrogens with zero attached hydrogens (tertiary/aromatic N) is 4. The van der Waals surface area contributed by atoms with Crippen LogP contribution in [0.2, 0.25) is 0 Å². The van der Waals surface area contributed by atoms with E-state index in [0.29, 0.717) is 37.2 Å². The lowest BCUT2D eigenvalue weighted by Gasteiger charge is -2.09. The molecule has 1 N–H and O–H groups in total. The highest BCUT2D eigenvalue weighted by molar-refractivity contribution is 7.92. The van der Waals surface area contributed by atoms with Crippen LogP contribution in [0.3, 0.4) is 0 Å². The number of ether oxygens (including phenoxy) is 2. The van der Waals surface area contributed by atoms with Gasteiger partial charge < -0.3 is 14.0 Å². The molecular weight excluding hydrogens is 430 g/mol. The lowest BCUT2D eigenvalue weighted by atomic mass is 10.2. The van der Waals surface area contributed by atoms with Gasteiger partial charge in [0, 0.05) is 17.8 Å². The van der Waals surface area contributed by atoms with Crippen LogP contribution >= 0.6 is 0 Å². The molecule has 4 rings (SSSR count). The van der Waals surface area contributed by atoms with Crippen molar-refractivity contribution < 1.29 is 17.9 Å². The lowest BCUT2D eigenvalue weighted by Crippen LogP contribution is -2.10. The van der Waals surface area contributed by atoms with Crippen LogP contribution in [0.25, 0.3) is 17.0 Å². The molecule has 0 atom stereocenters. The van der Waals surface area contributed by atoms with Crippen LogP contribution < -0.4 is 14.2 Å². The topological polar surface area (TPSA) is 99.8 Å². The Bertz CT molecular complexity index is 1330.